The first kappa shape index (κ1) is 20.7. The Morgan fingerprint density at radius 1 is 1.09 bits per heavy atom. The van der Waals surface area contributed by atoms with E-state index >= 15 is 0 Å². The number of piperazine rings is 1. The van der Waals surface area contributed by atoms with E-state index in [2.05, 4.69) is 29.2 Å². The summed E-state index contributed by atoms with van der Waals surface area (Å²) >= 11 is 5.39. The zero-order valence-electron chi connectivity index (χ0n) is 17.6. The van der Waals surface area contributed by atoms with Crippen LogP contribution in [0.15, 0.2) is 47.3 Å². The summed E-state index contributed by atoms with van der Waals surface area (Å²) < 4.78 is 12.5. The predicted octanol–water partition coefficient (Wildman–Crippen LogP) is 1.11. The summed E-state index contributed by atoms with van der Waals surface area (Å²) in [6, 6.07) is 13.8. The van der Waals surface area contributed by atoms with Crippen LogP contribution in [0.2, 0.25) is 0 Å². The summed E-state index contributed by atoms with van der Waals surface area (Å²) in [4.78, 5) is 32.3. The second-order valence-corrected chi connectivity index (χ2v) is 8.57. The normalized spacial score (nSPS) is 15.9. The van der Waals surface area contributed by atoms with Gasteiger partial charge in [0.15, 0.2) is 16.3 Å². The third-order valence-electron chi connectivity index (χ3n) is 6.14. The second-order valence-electron chi connectivity index (χ2n) is 8.18. The summed E-state index contributed by atoms with van der Waals surface area (Å²) in [7, 11) is 0. The van der Waals surface area contributed by atoms with E-state index in [9.17, 15) is 9.59 Å². The van der Waals surface area contributed by atoms with Gasteiger partial charge in [0.2, 0.25) is 12.7 Å². The van der Waals surface area contributed by atoms with Gasteiger partial charge in [-0.3, -0.25) is 14.2 Å². The molecule has 2 N–H and O–H groups in total. The third-order valence-corrected chi connectivity index (χ3v) is 6.47. The molecule has 0 aliphatic carbocycles. The minimum absolute atomic E-state index is 0.0517. The molecule has 8 nitrogen and oxygen atoms in total. The van der Waals surface area contributed by atoms with Gasteiger partial charge in [0.25, 0.3) is 5.56 Å². The van der Waals surface area contributed by atoms with Crippen molar-refractivity contribution in [1.82, 2.24) is 14.5 Å². The molecular weight excluding hydrogens is 428 g/mol. The van der Waals surface area contributed by atoms with E-state index in [4.69, 9.17) is 21.7 Å². The van der Waals surface area contributed by atoms with E-state index in [0.717, 1.165) is 32.7 Å². The number of carbonyl (C=O) groups excluding carboxylic acids is 1. The zero-order chi connectivity index (χ0) is 22.1. The number of aromatic nitrogens is 2. The fourth-order valence-electron chi connectivity index (χ4n) is 4.34. The van der Waals surface area contributed by atoms with E-state index < -0.39 is 0 Å². The van der Waals surface area contributed by atoms with E-state index in [0.29, 0.717) is 27.2 Å². The quantitative estimate of drug-likeness (QED) is 0.566. The number of benzene rings is 2. The topological polar surface area (TPSA) is 81.0 Å². The predicted molar refractivity (Wildman–Crippen MR) is 122 cm³/mol. The fraction of sp³-hybridized carbons (Fsp3) is 0.348. The monoisotopic (exact) mass is 453 g/mol. The number of aromatic amines is 1. The molecule has 166 valence electrons. The third kappa shape index (κ3) is 4.13. The Labute approximate surface area is 190 Å². The lowest BCUT2D eigenvalue weighted by molar-refractivity contribution is -0.917. The van der Waals surface area contributed by atoms with Crippen LogP contribution in [-0.2, 0) is 17.9 Å². The van der Waals surface area contributed by atoms with Crippen LogP contribution < -0.4 is 19.9 Å². The molecule has 0 atom stereocenters. The molecule has 3 aromatic rings. The Morgan fingerprint density at radius 3 is 2.56 bits per heavy atom. The average molecular weight is 454 g/mol. The number of H-pyrrole nitrogens is 1. The van der Waals surface area contributed by atoms with Crippen molar-refractivity contribution in [2.45, 2.75) is 19.5 Å². The van der Waals surface area contributed by atoms with Crippen molar-refractivity contribution in [1.29, 1.82) is 0 Å². The maximum Gasteiger partial charge on any atom is 0.262 e. The van der Waals surface area contributed by atoms with Crippen LogP contribution >= 0.6 is 12.2 Å². The molecule has 5 rings (SSSR count). The van der Waals surface area contributed by atoms with Crippen LogP contribution in [0.5, 0.6) is 11.5 Å². The standard InChI is InChI=1S/C23H24N4O4S/c28-21(26-10-8-25(9-11-26)14-16-4-2-1-3-5-16)6-7-27-22(29)17-12-19-20(31-15-30-19)13-18(17)24-23(27)32/h1-5,12-13H,6-11,14-15H2,(H,24,32)/p+1. The van der Waals surface area contributed by atoms with Crippen LogP contribution in [0.3, 0.4) is 0 Å². The molecule has 2 aromatic carbocycles. The highest BCUT2D eigenvalue weighted by Gasteiger charge is 2.24. The maximum absolute atomic E-state index is 13.0. The minimum Gasteiger partial charge on any atom is -0.454 e. The molecule has 3 heterocycles. The van der Waals surface area contributed by atoms with Crippen LogP contribution in [0.1, 0.15) is 12.0 Å². The maximum atomic E-state index is 13.0. The van der Waals surface area contributed by atoms with Gasteiger partial charge in [-0.2, -0.15) is 0 Å². The Morgan fingerprint density at radius 2 is 1.81 bits per heavy atom. The first-order valence-electron chi connectivity index (χ1n) is 10.8. The Kier molecular flexibility index (Phi) is 5.67. The molecule has 0 saturated carbocycles. The van der Waals surface area contributed by atoms with Gasteiger partial charge < -0.3 is 24.3 Å². The van der Waals surface area contributed by atoms with Crippen molar-refractivity contribution in [2.75, 3.05) is 33.0 Å². The molecular formula is C23H25N4O4S+. The minimum atomic E-state index is -0.230. The lowest BCUT2D eigenvalue weighted by Crippen LogP contribution is -3.13. The number of hydrogen-bond donors (Lipinski definition) is 2. The zero-order valence-corrected chi connectivity index (χ0v) is 18.5. The fourth-order valence-corrected chi connectivity index (χ4v) is 4.63. The summed E-state index contributed by atoms with van der Waals surface area (Å²) in [6.45, 7) is 4.65. The van der Waals surface area contributed by atoms with Crippen molar-refractivity contribution >= 4 is 29.0 Å². The molecule has 32 heavy (non-hydrogen) atoms. The Hall–Kier alpha value is -3.17. The van der Waals surface area contributed by atoms with Gasteiger partial charge in [-0.05, 0) is 18.3 Å². The summed E-state index contributed by atoms with van der Waals surface area (Å²) in [5.41, 5.74) is 1.69. The number of nitrogens with zero attached hydrogens (tertiary/aromatic N) is 2. The Bertz CT molecular complexity index is 1260. The lowest BCUT2D eigenvalue weighted by Gasteiger charge is -2.32. The summed E-state index contributed by atoms with van der Waals surface area (Å²) in [5, 5.41) is 0.466. The summed E-state index contributed by atoms with van der Waals surface area (Å²) in [5.74, 6) is 1.18. The molecule has 2 aliphatic rings. The summed E-state index contributed by atoms with van der Waals surface area (Å²) in [6.07, 6.45) is 0.238. The molecule has 2 aliphatic heterocycles. The molecule has 0 spiro atoms. The lowest BCUT2D eigenvalue weighted by atomic mass is 10.2. The highest BCUT2D eigenvalue weighted by molar-refractivity contribution is 7.71. The molecule has 0 radical (unpaired) electrons. The number of amides is 1. The molecule has 1 saturated heterocycles. The first-order chi connectivity index (χ1) is 15.6. The molecule has 1 aromatic heterocycles. The Balaban J connectivity index is 1.22. The van der Waals surface area contributed by atoms with Gasteiger partial charge in [-0.1, -0.05) is 30.3 Å². The molecule has 1 fully saturated rings. The SMILES string of the molecule is O=C(CCn1c(=S)[nH]c2cc3c(cc2c1=O)OCO3)N1CC[NH+](Cc2ccccc2)CC1. The highest BCUT2D eigenvalue weighted by Crippen LogP contribution is 2.34. The van der Waals surface area contributed by atoms with Gasteiger partial charge in [0.05, 0.1) is 37.1 Å². The van der Waals surface area contributed by atoms with E-state index in [1.165, 1.54) is 15.0 Å². The average Bonchev–Trinajstić information content (AvgIpc) is 3.26. The van der Waals surface area contributed by atoms with E-state index in [-0.39, 0.29) is 31.2 Å². The number of rotatable bonds is 5. The number of ether oxygens (including phenoxy) is 2. The van der Waals surface area contributed by atoms with Crippen LogP contribution in [0.4, 0.5) is 0 Å². The van der Waals surface area contributed by atoms with Gasteiger partial charge in [0.1, 0.15) is 6.54 Å². The molecule has 9 heteroatoms. The largest absolute Gasteiger partial charge is 0.454 e. The van der Waals surface area contributed by atoms with Crippen LogP contribution in [0.25, 0.3) is 10.9 Å². The van der Waals surface area contributed by atoms with Gasteiger partial charge in [-0.25, -0.2) is 0 Å². The highest BCUT2D eigenvalue weighted by atomic mass is 32.1. The van der Waals surface area contributed by atoms with Gasteiger partial charge in [-0.15, -0.1) is 0 Å². The van der Waals surface area contributed by atoms with Crippen molar-refractivity contribution in [3.8, 4) is 11.5 Å². The number of carbonyl (C=O) groups is 1. The molecule has 0 bridgehead atoms. The number of fused-ring (bicyclic) bond motifs is 2. The first-order valence-corrected chi connectivity index (χ1v) is 11.2. The number of hydrogen-bond acceptors (Lipinski definition) is 5. The van der Waals surface area contributed by atoms with Crippen molar-refractivity contribution < 1.29 is 19.2 Å². The molecule has 1 amide bonds. The second kappa shape index (κ2) is 8.76. The smallest absolute Gasteiger partial charge is 0.262 e. The van der Waals surface area contributed by atoms with Crippen LogP contribution in [0, 0.1) is 4.77 Å². The van der Waals surface area contributed by atoms with E-state index in [1.54, 1.807) is 12.1 Å². The van der Waals surface area contributed by atoms with Crippen LogP contribution in [-0.4, -0.2) is 53.3 Å². The van der Waals surface area contributed by atoms with Crippen molar-refractivity contribution in [3.05, 3.63) is 63.2 Å². The number of nitrogens with one attached hydrogen (secondary N) is 2. The van der Waals surface area contributed by atoms with Crippen molar-refractivity contribution in [3.63, 3.8) is 0 Å². The van der Waals surface area contributed by atoms with Gasteiger partial charge in [0, 0.05) is 24.6 Å². The van der Waals surface area contributed by atoms with Gasteiger partial charge >= 0.3 is 0 Å². The van der Waals surface area contributed by atoms with E-state index in [1.807, 2.05) is 11.0 Å². The number of quaternary nitrogens is 1. The molecule has 0 unspecified atom stereocenters. The van der Waals surface area contributed by atoms with Crippen molar-refractivity contribution in [2.24, 2.45) is 0 Å².